The highest BCUT2D eigenvalue weighted by atomic mass is 16.5. The summed E-state index contributed by atoms with van der Waals surface area (Å²) in [7, 11) is 0. The van der Waals surface area contributed by atoms with Crippen molar-refractivity contribution in [2.24, 2.45) is 0 Å². The van der Waals surface area contributed by atoms with Crippen molar-refractivity contribution in [1.82, 2.24) is 10.9 Å². The minimum absolute atomic E-state index is 0.114. The molecule has 0 aliphatic carbocycles. The van der Waals surface area contributed by atoms with Crippen LogP contribution in [0.15, 0.2) is 48.5 Å². The number of rotatable bonds is 9. The van der Waals surface area contributed by atoms with Gasteiger partial charge in [0.2, 0.25) is 5.91 Å². The van der Waals surface area contributed by atoms with Gasteiger partial charge in [-0.1, -0.05) is 18.2 Å². The van der Waals surface area contributed by atoms with Gasteiger partial charge < -0.3 is 14.2 Å². The van der Waals surface area contributed by atoms with E-state index in [4.69, 9.17) is 14.2 Å². The molecule has 0 radical (unpaired) electrons. The van der Waals surface area contributed by atoms with E-state index in [0.29, 0.717) is 12.4 Å². The number of carbonyl (C=O) groups excluding carboxylic acids is 2. The van der Waals surface area contributed by atoms with Crippen LogP contribution in [-0.4, -0.2) is 31.1 Å². The average Bonchev–Trinajstić information content (AvgIpc) is 2.69. The van der Waals surface area contributed by atoms with Crippen LogP contribution >= 0.6 is 0 Å². The van der Waals surface area contributed by atoms with E-state index in [9.17, 15) is 9.59 Å². The largest absolute Gasteiger partial charge is 0.494 e. The zero-order chi connectivity index (χ0) is 20.4. The molecule has 2 rings (SSSR count). The lowest BCUT2D eigenvalue weighted by Gasteiger charge is -2.15. The second-order valence-electron chi connectivity index (χ2n) is 6.07. The van der Waals surface area contributed by atoms with Crippen molar-refractivity contribution in [3.63, 3.8) is 0 Å². The predicted molar refractivity (Wildman–Crippen MR) is 105 cm³/mol. The van der Waals surface area contributed by atoms with E-state index in [2.05, 4.69) is 10.9 Å². The maximum atomic E-state index is 12.1. The number of benzene rings is 2. The van der Waals surface area contributed by atoms with Crippen LogP contribution in [0.5, 0.6) is 17.2 Å². The molecule has 0 spiro atoms. The van der Waals surface area contributed by atoms with Crippen molar-refractivity contribution in [2.75, 3.05) is 13.2 Å². The van der Waals surface area contributed by atoms with Gasteiger partial charge in [-0.15, -0.1) is 0 Å². The van der Waals surface area contributed by atoms with Crippen LogP contribution in [0.2, 0.25) is 0 Å². The normalized spacial score (nSPS) is 11.2. The lowest BCUT2D eigenvalue weighted by atomic mass is 10.2. The standard InChI is InChI=1S/C21H26N2O5/c1-4-26-17-9-11-18(12-10-17)28-16(3)21(25)23-22-20(24)13-14-27-19-8-6-5-7-15(19)2/h5-12,16H,4,13-14H2,1-3H3,(H,22,24)(H,23,25)/t16-/m1/s1. The lowest BCUT2D eigenvalue weighted by molar-refractivity contribution is -0.132. The van der Waals surface area contributed by atoms with Gasteiger partial charge in [-0.2, -0.15) is 0 Å². The maximum absolute atomic E-state index is 12.1. The number of hydrogen-bond donors (Lipinski definition) is 2. The lowest BCUT2D eigenvalue weighted by Crippen LogP contribution is -2.47. The Morgan fingerprint density at radius 2 is 1.64 bits per heavy atom. The van der Waals surface area contributed by atoms with Crippen molar-refractivity contribution < 1.29 is 23.8 Å². The van der Waals surface area contributed by atoms with E-state index in [-0.39, 0.29) is 18.9 Å². The second-order valence-corrected chi connectivity index (χ2v) is 6.07. The third kappa shape index (κ3) is 6.83. The predicted octanol–water partition coefficient (Wildman–Crippen LogP) is 2.78. The SMILES string of the molecule is CCOc1ccc(O[C@H](C)C(=O)NNC(=O)CCOc2ccccc2C)cc1. The molecule has 1 atom stereocenters. The summed E-state index contributed by atoms with van der Waals surface area (Å²) in [6.45, 7) is 6.22. The third-order valence-electron chi connectivity index (χ3n) is 3.82. The average molecular weight is 386 g/mol. The fourth-order valence-corrected chi connectivity index (χ4v) is 2.31. The second kappa shape index (κ2) is 10.8. The fraction of sp³-hybridized carbons (Fsp3) is 0.333. The fourth-order valence-electron chi connectivity index (χ4n) is 2.31. The zero-order valence-electron chi connectivity index (χ0n) is 16.4. The van der Waals surface area contributed by atoms with Crippen molar-refractivity contribution >= 4 is 11.8 Å². The van der Waals surface area contributed by atoms with Crippen LogP contribution < -0.4 is 25.1 Å². The maximum Gasteiger partial charge on any atom is 0.279 e. The number of ether oxygens (including phenoxy) is 3. The highest BCUT2D eigenvalue weighted by molar-refractivity contribution is 5.84. The summed E-state index contributed by atoms with van der Waals surface area (Å²) in [4.78, 5) is 23.9. The molecule has 28 heavy (non-hydrogen) atoms. The molecule has 2 aromatic carbocycles. The molecule has 0 bridgehead atoms. The Balaban J connectivity index is 1.68. The van der Waals surface area contributed by atoms with Gasteiger partial charge in [0.25, 0.3) is 5.91 Å². The van der Waals surface area contributed by atoms with Crippen molar-refractivity contribution in [3.05, 3.63) is 54.1 Å². The highest BCUT2D eigenvalue weighted by Crippen LogP contribution is 2.18. The van der Waals surface area contributed by atoms with Gasteiger partial charge in [0.05, 0.1) is 19.6 Å². The summed E-state index contributed by atoms with van der Waals surface area (Å²) in [5.74, 6) is 1.19. The Morgan fingerprint density at radius 3 is 2.32 bits per heavy atom. The monoisotopic (exact) mass is 386 g/mol. The molecule has 7 nitrogen and oxygen atoms in total. The number of para-hydroxylation sites is 1. The first kappa shape index (κ1) is 21.1. The van der Waals surface area contributed by atoms with E-state index >= 15 is 0 Å². The summed E-state index contributed by atoms with van der Waals surface area (Å²) in [5, 5.41) is 0. The number of aryl methyl sites for hydroxylation is 1. The Bertz CT molecular complexity index is 777. The molecule has 0 aliphatic heterocycles. The molecule has 150 valence electrons. The van der Waals surface area contributed by atoms with Gasteiger partial charge in [-0.05, 0) is 56.7 Å². The molecular weight excluding hydrogens is 360 g/mol. The van der Waals surface area contributed by atoms with E-state index in [1.165, 1.54) is 0 Å². The van der Waals surface area contributed by atoms with Gasteiger partial charge in [0.15, 0.2) is 6.10 Å². The topological polar surface area (TPSA) is 85.9 Å². The third-order valence-corrected chi connectivity index (χ3v) is 3.82. The number of hydrazine groups is 1. The molecule has 0 unspecified atom stereocenters. The van der Waals surface area contributed by atoms with E-state index in [0.717, 1.165) is 17.1 Å². The molecule has 0 saturated heterocycles. The van der Waals surface area contributed by atoms with Gasteiger partial charge in [-0.3, -0.25) is 20.4 Å². The van der Waals surface area contributed by atoms with Gasteiger partial charge in [-0.25, -0.2) is 0 Å². The van der Waals surface area contributed by atoms with Gasteiger partial charge in [0.1, 0.15) is 17.2 Å². The summed E-state index contributed by atoms with van der Waals surface area (Å²) in [6, 6.07) is 14.5. The van der Waals surface area contributed by atoms with E-state index < -0.39 is 12.0 Å². The van der Waals surface area contributed by atoms with Gasteiger partial charge >= 0.3 is 0 Å². The summed E-state index contributed by atoms with van der Waals surface area (Å²) < 4.78 is 16.5. The Kier molecular flexibility index (Phi) is 8.14. The molecule has 2 aromatic rings. The van der Waals surface area contributed by atoms with Crippen LogP contribution in [0, 0.1) is 6.92 Å². The molecular formula is C21H26N2O5. The van der Waals surface area contributed by atoms with Crippen LogP contribution in [0.3, 0.4) is 0 Å². The van der Waals surface area contributed by atoms with Gasteiger partial charge in [0, 0.05) is 0 Å². The summed E-state index contributed by atoms with van der Waals surface area (Å²) in [6.07, 6.45) is -0.663. The number of amides is 2. The Labute approximate surface area is 165 Å². The quantitative estimate of drug-likeness (QED) is 0.647. The van der Waals surface area contributed by atoms with Crippen LogP contribution in [0.4, 0.5) is 0 Å². The molecule has 0 fully saturated rings. The number of carbonyl (C=O) groups is 2. The molecule has 2 amide bonds. The first-order valence-electron chi connectivity index (χ1n) is 9.16. The number of nitrogens with one attached hydrogen (secondary N) is 2. The Hall–Kier alpha value is -3.22. The number of hydrogen-bond acceptors (Lipinski definition) is 5. The molecule has 7 heteroatoms. The van der Waals surface area contributed by atoms with E-state index in [1.54, 1.807) is 31.2 Å². The first-order chi connectivity index (χ1) is 13.5. The highest BCUT2D eigenvalue weighted by Gasteiger charge is 2.15. The zero-order valence-corrected chi connectivity index (χ0v) is 16.4. The smallest absolute Gasteiger partial charge is 0.279 e. The van der Waals surface area contributed by atoms with Crippen LogP contribution in [0.25, 0.3) is 0 Å². The summed E-state index contributed by atoms with van der Waals surface area (Å²) in [5.41, 5.74) is 5.70. The summed E-state index contributed by atoms with van der Waals surface area (Å²) >= 11 is 0. The molecule has 0 heterocycles. The molecule has 0 aromatic heterocycles. The molecule has 0 aliphatic rings. The molecule has 0 saturated carbocycles. The minimum Gasteiger partial charge on any atom is -0.494 e. The minimum atomic E-state index is -0.776. The van der Waals surface area contributed by atoms with Crippen molar-refractivity contribution in [3.8, 4) is 17.2 Å². The first-order valence-corrected chi connectivity index (χ1v) is 9.16. The molecule has 2 N–H and O–H groups in total. The van der Waals surface area contributed by atoms with Crippen LogP contribution in [0.1, 0.15) is 25.8 Å². The van der Waals surface area contributed by atoms with Crippen molar-refractivity contribution in [2.45, 2.75) is 33.3 Å². The van der Waals surface area contributed by atoms with Crippen LogP contribution in [-0.2, 0) is 9.59 Å². The van der Waals surface area contributed by atoms with E-state index in [1.807, 2.05) is 38.1 Å². The van der Waals surface area contributed by atoms with Crippen molar-refractivity contribution in [1.29, 1.82) is 0 Å². The Morgan fingerprint density at radius 1 is 0.964 bits per heavy atom.